The predicted octanol–water partition coefficient (Wildman–Crippen LogP) is 3.55. The molecule has 1 N–H and O–H groups in total. The first-order chi connectivity index (χ1) is 7.96. The Hall–Kier alpha value is -1.38. The van der Waals surface area contributed by atoms with Crippen molar-refractivity contribution in [2.24, 2.45) is 5.41 Å². The molecule has 0 amide bonds. The van der Waals surface area contributed by atoms with Gasteiger partial charge in [-0.3, -0.25) is 0 Å². The summed E-state index contributed by atoms with van der Waals surface area (Å²) in [6, 6.07) is 5.92. The van der Waals surface area contributed by atoms with Crippen LogP contribution in [0.5, 0.6) is 11.5 Å². The zero-order valence-corrected chi connectivity index (χ0v) is 11.5. The fourth-order valence-electron chi connectivity index (χ4n) is 1.42. The number of nitrogens with one attached hydrogen (secondary N) is 1. The van der Waals surface area contributed by atoms with E-state index in [2.05, 4.69) is 26.1 Å². The smallest absolute Gasteiger partial charge is 0.162 e. The van der Waals surface area contributed by atoms with E-state index in [-0.39, 0.29) is 5.41 Å². The number of anilines is 1. The van der Waals surface area contributed by atoms with Crippen molar-refractivity contribution < 1.29 is 9.47 Å². The second-order valence-corrected chi connectivity index (χ2v) is 5.21. The normalized spacial score (nSPS) is 11.1. The molecule has 3 heteroatoms. The van der Waals surface area contributed by atoms with Crippen LogP contribution < -0.4 is 14.8 Å². The minimum atomic E-state index is 0.256. The van der Waals surface area contributed by atoms with E-state index in [0.29, 0.717) is 6.61 Å². The molecule has 0 aliphatic rings. The van der Waals surface area contributed by atoms with Crippen LogP contribution in [0.2, 0.25) is 0 Å². The molecule has 0 spiro atoms. The minimum Gasteiger partial charge on any atom is -0.493 e. The summed E-state index contributed by atoms with van der Waals surface area (Å²) in [5, 5.41) is 3.39. The number of rotatable bonds is 5. The topological polar surface area (TPSA) is 30.5 Å². The number of hydrogen-bond donors (Lipinski definition) is 1. The van der Waals surface area contributed by atoms with E-state index in [1.165, 1.54) is 0 Å². The first-order valence-corrected chi connectivity index (χ1v) is 6.01. The minimum absolute atomic E-state index is 0.256. The van der Waals surface area contributed by atoms with Crippen LogP contribution in [0.4, 0.5) is 5.69 Å². The van der Waals surface area contributed by atoms with E-state index in [9.17, 15) is 0 Å². The zero-order chi connectivity index (χ0) is 12.9. The summed E-state index contributed by atoms with van der Waals surface area (Å²) in [5.74, 6) is 1.56. The summed E-state index contributed by atoms with van der Waals surface area (Å²) < 4.78 is 10.8. The van der Waals surface area contributed by atoms with Crippen LogP contribution in [0.1, 0.15) is 27.7 Å². The van der Waals surface area contributed by atoms with Gasteiger partial charge in [-0.05, 0) is 24.5 Å². The Morgan fingerprint density at radius 3 is 2.41 bits per heavy atom. The summed E-state index contributed by atoms with van der Waals surface area (Å²) in [5.41, 5.74) is 1.31. The molecule has 1 rings (SSSR count). The van der Waals surface area contributed by atoms with Gasteiger partial charge in [0.2, 0.25) is 0 Å². The molecule has 0 aliphatic heterocycles. The second-order valence-electron chi connectivity index (χ2n) is 5.21. The fourth-order valence-corrected chi connectivity index (χ4v) is 1.42. The van der Waals surface area contributed by atoms with E-state index in [0.717, 1.165) is 23.7 Å². The van der Waals surface area contributed by atoms with E-state index >= 15 is 0 Å². The Balaban J connectivity index is 2.75. The molecule has 17 heavy (non-hydrogen) atoms. The van der Waals surface area contributed by atoms with Crippen molar-refractivity contribution in [2.75, 3.05) is 25.6 Å². The lowest BCUT2D eigenvalue weighted by molar-refractivity contribution is 0.311. The highest BCUT2D eigenvalue weighted by Crippen LogP contribution is 2.30. The van der Waals surface area contributed by atoms with Gasteiger partial charge in [0.15, 0.2) is 11.5 Å². The van der Waals surface area contributed by atoms with Gasteiger partial charge in [-0.15, -0.1) is 0 Å². The third-order valence-electron chi connectivity index (χ3n) is 2.29. The van der Waals surface area contributed by atoms with Gasteiger partial charge in [0, 0.05) is 18.3 Å². The number of methoxy groups -OCH3 is 1. The van der Waals surface area contributed by atoms with Crippen molar-refractivity contribution in [3.05, 3.63) is 18.2 Å². The highest BCUT2D eigenvalue weighted by molar-refractivity contribution is 5.54. The van der Waals surface area contributed by atoms with Crippen molar-refractivity contribution in [1.82, 2.24) is 0 Å². The van der Waals surface area contributed by atoms with Crippen LogP contribution in [-0.4, -0.2) is 20.3 Å². The summed E-state index contributed by atoms with van der Waals surface area (Å²) in [7, 11) is 1.66. The van der Waals surface area contributed by atoms with E-state index in [1.54, 1.807) is 7.11 Å². The molecule has 0 aromatic heterocycles. The van der Waals surface area contributed by atoms with Gasteiger partial charge in [-0.25, -0.2) is 0 Å². The Bertz CT molecular complexity index is 356. The van der Waals surface area contributed by atoms with Crippen LogP contribution in [0.25, 0.3) is 0 Å². The van der Waals surface area contributed by atoms with E-state index < -0.39 is 0 Å². The summed E-state index contributed by atoms with van der Waals surface area (Å²) >= 11 is 0. The SMILES string of the molecule is CCOc1ccc(NCC(C)(C)C)cc1OC. The molecule has 0 unspecified atom stereocenters. The lowest BCUT2D eigenvalue weighted by Crippen LogP contribution is -2.18. The number of hydrogen-bond acceptors (Lipinski definition) is 3. The second kappa shape index (κ2) is 5.80. The quantitative estimate of drug-likeness (QED) is 0.849. The molecule has 0 heterocycles. The lowest BCUT2D eigenvalue weighted by atomic mass is 9.97. The molecule has 0 atom stereocenters. The van der Waals surface area contributed by atoms with Gasteiger partial charge in [-0.1, -0.05) is 20.8 Å². The maximum absolute atomic E-state index is 5.48. The van der Waals surface area contributed by atoms with Crippen molar-refractivity contribution in [2.45, 2.75) is 27.7 Å². The lowest BCUT2D eigenvalue weighted by Gasteiger charge is -2.20. The van der Waals surface area contributed by atoms with Gasteiger partial charge in [-0.2, -0.15) is 0 Å². The molecule has 3 nitrogen and oxygen atoms in total. The zero-order valence-electron chi connectivity index (χ0n) is 11.5. The number of benzene rings is 1. The summed E-state index contributed by atoms with van der Waals surface area (Å²) in [6.45, 7) is 10.1. The van der Waals surface area contributed by atoms with Crippen LogP contribution in [-0.2, 0) is 0 Å². The van der Waals surface area contributed by atoms with Crippen molar-refractivity contribution in [3.8, 4) is 11.5 Å². The predicted molar refractivity (Wildman–Crippen MR) is 72.1 cm³/mol. The fraction of sp³-hybridized carbons (Fsp3) is 0.571. The molecule has 1 aromatic carbocycles. The molecule has 1 aromatic rings. The largest absolute Gasteiger partial charge is 0.493 e. The first-order valence-electron chi connectivity index (χ1n) is 6.01. The Morgan fingerprint density at radius 1 is 1.18 bits per heavy atom. The number of ether oxygens (including phenoxy) is 2. The average molecular weight is 237 g/mol. The van der Waals surface area contributed by atoms with Gasteiger partial charge in [0.25, 0.3) is 0 Å². The molecule has 0 aliphatic carbocycles. The summed E-state index contributed by atoms with van der Waals surface area (Å²) in [6.07, 6.45) is 0. The van der Waals surface area contributed by atoms with Gasteiger partial charge >= 0.3 is 0 Å². The Kier molecular flexibility index (Phi) is 4.67. The molecular formula is C14H23NO2. The Morgan fingerprint density at radius 2 is 1.88 bits per heavy atom. The highest BCUT2D eigenvalue weighted by atomic mass is 16.5. The maximum atomic E-state index is 5.48. The van der Waals surface area contributed by atoms with Crippen molar-refractivity contribution in [3.63, 3.8) is 0 Å². The van der Waals surface area contributed by atoms with Gasteiger partial charge < -0.3 is 14.8 Å². The van der Waals surface area contributed by atoms with Crippen molar-refractivity contribution in [1.29, 1.82) is 0 Å². The monoisotopic (exact) mass is 237 g/mol. The molecule has 0 saturated heterocycles. The summed E-state index contributed by atoms with van der Waals surface area (Å²) in [4.78, 5) is 0. The average Bonchev–Trinajstić information content (AvgIpc) is 2.27. The first kappa shape index (κ1) is 13.7. The van der Waals surface area contributed by atoms with Crippen molar-refractivity contribution >= 4 is 5.69 Å². The van der Waals surface area contributed by atoms with Crippen LogP contribution in [0.3, 0.4) is 0 Å². The van der Waals surface area contributed by atoms with Crippen LogP contribution in [0.15, 0.2) is 18.2 Å². The van der Waals surface area contributed by atoms with Crippen LogP contribution in [0, 0.1) is 5.41 Å². The molecule has 0 bridgehead atoms. The van der Waals surface area contributed by atoms with Gasteiger partial charge in [0.05, 0.1) is 13.7 Å². The van der Waals surface area contributed by atoms with E-state index in [4.69, 9.17) is 9.47 Å². The molecule has 0 fully saturated rings. The Labute approximate surface area is 104 Å². The maximum Gasteiger partial charge on any atom is 0.162 e. The molecule has 0 saturated carbocycles. The third kappa shape index (κ3) is 4.55. The van der Waals surface area contributed by atoms with Gasteiger partial charge in [0.1, 0.15) is 0 Å². The van der Waals surface area contributed by atoms with E-state index in [1.807, 2.05) is 25.1 Å². The third-order valence-corrected chi connectivity index (χ3v) is 2.29. The van der Waals surface area contributed by atoms with Crippen LogP contribution >= 0.6 is 0 Å². The molecular weight excluding hydrogens is 214 g/mol. The standard InChI is InChI=1S/C14H23NO2/c1-6-17-12-8-7-11(9-13(12)16-5)15-10-14(2,3)4/h7-9,15H,6,10H2,1-5H3. The molecule has 96 valence electrons. The molecule has 0 radical (unpaired) electrons. The highest BCUT2D eigenvalue weighted by Gasteiger charge is 2.10.